The van der Waals surface area contributed by atoms with Crippen LogP contribution in [0.15, 0.2) is 24.3 Å². The van der Waals surface area contributed by atoms with Crippen LogP contribution in [-0.2, 0) is 0 Å². The molecule has 2 amide bonds. The van der Waals surface area contributed by atoms with Crippen LogP contribution < -0.4 is 10.2 Å². The van der Waals surface area contributed by atoms with Crippen molar-refractivity contribution in [1.29, 1.82) is 5.26 Å². The number of benzene rings is 1. The molecule has 1 aromatic rings. The van der Waals surface area contributed by atoms with Crippen LogP contribution in [-0.4, -0.2) is 19.1 Å². The zero-order valence-electron chi connectivity index (χ0n) is 11.2. The van der Waals surface area contributed by atoms with Crippen LogP contribution in [0.3, 0.4) is 0 Å². The van der Waals surface area contributed by atoms with E-state index in [-0.39, 0.29) is 6.03 Å². The van der Waals surface area contributed by atoms with Gasteiger partial charge in [0.2, 0.25) is 0 Å². The Morgan fingerprint density at radius 3 is 2.79 bits per heavy atom. The first-order chi connectivity index (χ1) is 9.20. The van der Waals surface area contributed by atoms with Crippen molar-refractivity contribution >= 4 is 11.7 Å². The molecule has 1 N–H and O–H groups in total. The number of carbonyl (C=O) groups is 1. The SMILES string of the molecule is CN(C(=O)NC1CCCCC1)c1cccc(C#N)c1. The lowest BCUT2D eigenvalue weighted by Crippen LogP contribution is -2.43. The zero-order valence-corrected chi connectivity index (χ0v) is 11.2. The monoisotopic (exact) mass is 257 g/mol. The van der Waals surface area contributed by atoms with Gasteiger partial charge in [-0.1, -0.05) is 25.3 Å². The Morgan fingerprint density at radius 2 is 2.11 bits per heavy atom. The standard InChI is InChI=1S/C15H19N3O/c1-18(14-9-5-6-12(10-14)11-16)15(19)17-13-7-3-2-4-8-13/h5-6,9-10,13H,2-4,7-8H2,1H3,(H,17,19). The molecule has 1 aromatic carbocycles. The summed E-state index contributed by atoms with van der Waals surface area (Å²) < 4.78 is 0. The maximum absolute atomic E-state index is 12.1. The van der Waals surface area contributed by atoms with Gasteiger partial charge >= 0.3 is 6.03 Å². The van der Waals surface area contributed by atoms with Gasteiger partial charge in [0.25, 0.3) is 0 Å². The molecule has 19 heavy (non-hydrogen) atoms. The Labute approximate surface area is 114 Å². The van der Waals surface area contributed by atoms with Crippen molar-refractivity contribution in [2.75, 3.05) is 11.9 Å². The number of rotatable bonds is 2. The average molecular weight is 257 g/mol. The van der Waals surface area contributed by atoms with E-state index in [4.69, 9.17) is 5.26 Å². The van der Waals surface area contributed by atoms with E-state index in [0.29, 0.717) is 11.6 Å². The summed E-state index contributed by atoms with van der Waals surface area (Å²) in [5, 5.41) is 11.9. The van der Waals surface area contributed by atoms with Crippen molar-refractivity contribution in [2.45, 2.75) is 38.1 Å². The molecule has 0 atom stereocenters. The van der Waals surface area contributed by atoms with E-state index in [1.165, 1.54) is 19.3 Å². The number of nitrogens with one attached hydrogen (secondary N) is 1. The highest BCUT2D eigenvalue weighted by Crippen LogP contribution is 2.19. The third-order valence-electron chi connectivity index (χ3n) is 3.60. The lowest BCUT2D eigenvalue weighted by Gasteiger charge is -2.26. The first-order valence-electron chi connectivity index (χ1n) is 6.75. The minimum atomic E-state index is -0.0954. The minimum absolute atomic E-state index is 0.0954. The highest BCUT2D eigenvalue weighted by molar-refractivity contribution is 5.91. The van der Waals surface area contributed by atoms with E-state index >= 15 is 0 Å². The summed E-state index contributed by atoms with van der Waals surface area (Å²) in [6.45, 7) is 0. The molecular formula is C15H19N3O. The maximum atomic E-state index is 12.1. The molecule has 0 heterocycles. The van der Waals surface area contributed by atoms with E-state index in [9.17, 15) is 4.79 Å². The van der Waals surface area contributed by atoms with Crippen molar-refractivity contribution in [2.24, 2.45) is 0 Å². The number of hydrogen-bond acceptors (Lipinski definition) is 2. The molecular weight excluding hydrogens is 238 g/mol. The molecule has 0 aliphatic heterocycles. The van der Waals surface area contributed by atoms with Crippen LogP contribution in [0.5, 0.6) is 0 Å². The second kappa shape index (κ2) is 6.24. The number of urea groups is 1. The normalized spacial score (nSPS) is 15.6. The first-order valence-corrected chi connectivity index (χ1v) is 6.75. The molecule has 2 rings (SSSR count). The first kappa shape index (κ1) is 13.4. The minimum Gasteiger partial charge on any atom is -0.335 e. The molecule has 100 valence electrons. The van der Waals surface area contributed by atoms with Crippen molar-refractivity contribution in [3.8, 4) is 6.07 Å². The predicted octanol–water partition coefficient (Wildman–Crippen LogP) is 3.04. The van der Waals surface area contributed by atoms with E-state index in [1.807, 2.05) is 6.07 Å². The van der Waals surface area contributed by atoms with E-state index in [0.717, 1.165) is 18.5 Å². The Kier molecular flexibility index (Phi) is 4.40. The quantitative estimate of drug-likeness (QED) is 0.885. The van der Waals surface area contributed by atoms with Gasteiger partial charge in [-0.05, 0) is 31.0 Å². The summed E-state index contributed by atoms with van der Waals surface area (Å²) in [6, 6.07) is 9.36. The molecule has 0 spiro atoms. The highest BCUT2D eigenvalue weighted by Gasteiger charge is 2.18. The number of nitrogens with zero attached hydrogens (tertiary/aromatic N) is 2. The number of carbonyl (C=O) groups excluding carboxylic acids is 1. The summed E-state index contributed by atoms with van der Waals surface area (Å²) in [4.78, 5) is 13.7. The van der Waals surface area contributed by atoms with Gasteiger partial charge in [-0.2, -0.15) is 5.26 Å². The molecule has 1 saturated carbocycles. The van der Waals surface area contributed by atoms with Crippen LogP contribution in [0.25, 0.3) is 0 Å². The van der Waals surface area contributed by atoms with Gasteiger partial charge in [0.05, 0.1) is 11.6 Å². The Bertz CT molecular complexity index is 486. The maximum Gasteiger partial charge on any atom is 0.321 e. The molecule has 4 nitrogen and oxygen atoms in total. The van der Waals surface area contributed by atoms with Crippen LogP contribution in [0.4, 0.5) is 10.5 Å². The fourth-order valence-electron chi connectivity index (χ4n) is 2.42. The Hall–Kier alpha value is -2.02. The van der Waals surface area contributed by atoms with Crippen molar-refractivity contribution in [3.05, 3.63) is 29.8 Å². The van der Waals surface area contributed by atoms with Crippen molar-refractivity contribution < 1.29 is 4.79 Å². The van der Waals surface area contributed by atoms with Crippen molar-refractivity contribution in [1.82, 2.24) is 5.32 Å². The van der Waals surface area contributed by atoms with Crippen LogP contribution in [0, 0.1) is 11.3 Å². The topological polar surface area (TPSA) is 56.1 Å². The number of hydrogen-bond donors (Lipinski definition) is 1. The van der Waals surface area contributed by atoms with E-state index in [2.05, 4.69) is 11.4 Å². The molecule has 4 heteroatoms. The van der Waals surface area contributed by atoms with Gasteiger partial charge in [0, 0.05) is 18.8 Å². The fourth-order valence-corrected chi connectivity index (χ4v) is 2.42. The molecule has 0 aromatic heterocycles. The van der Waals surface area contributed by atoms with Crippen molar-refractivity contribution in [3.63, 3.8) is 0 Å². The summed E-state index contributed by atoms with van der Waals surface area (Å²) in [7, 11) is 1.73. The van der Waals surface area contributed by atoms with Gasteiger partial charge in [0.15, 0.2) is 0 Å². The number of anilines is 1. The average Bonchev–Trinajstić information content (AvgIpc) is 2.47. The summed E-state index contributed by atoms with van der Waals surface area (Å²) in [6.07, 6.45) is 5.79. The van der Waals surface area contributed by atoms with Gasteiger partial charge in [-0.15, -0.1) is 0 Å². The second-order valence-corrected chi connectivity index (χ2v) is 5.01. The van der Waals surface area contributed by atoms with E-state index in [1.54, 1.807) is 30.1 Å². The largest absolute Gasteiger partial charge is 0.335 e. The van der Waals surface area contributed by atoms with Gasteiger partial charge in [-0.25, -0.2) is 4.79 Å². The van der Waals surface area contributed by atoms with Crippen LogP contribution in [0.2, 0.25) is 0 Å². The highest BCUT2D eigenvalue weighted by atomic mass is 16.2. The third-order valence-corrected chi connectivity index (χ3v) is 3.60. The van der Waals surface area contributed by atoms with Gasteiger partial charge in [-0.3, -0.25) is 4.90 Å². The summed E-state index contributed by atoms with van der Waals surface area (Å²) >= 11 is 0. The van der Waals surface area contributed by atoms with Gasteiger partial charge in [0.1, 0.15) is 0 Å². The van der Waals surface area contributed by atoms with Gasteiger partial charge < -0.3 is 5.32 Å². The predicted molar refractivity (Wildman–Crippen MR) is 75.0 cm³/mol. The molecule has 0 radical (unpaired) electrons. The summed E-state index contributed by atoms with van der Waals surface area (Å²) in [5.41, 5.74) is 1.31. The molecule has 0 bridgehead atoms. The molecule has 0 saturated heterocycles. The lowest BCUT2D eigenvalue weighted by molar-refractivity contribution is 0.239. The lowest BCUT2D eigenvalue weighted by atomic mass is 9.96. The smallest absolute Gasteiger partial charge is 0.321 e. The Balaban J connectivity index is 1.99. The molecule has 1 aliphatic carbocycles. The molecule has 0 unspecified atom stereocenters. The fraction of sp³-hybridized carbons (Fsp3) is 0.467. The molecule has 1 aliphatic rings. The van der Waals surface area contributed by atoms with Crippen LogP contribution >= 0.6 is 0 Å². The molecule has 1 fully saturated rings. The third kappa shape index (κ3) is 3.47. The summed E-state index contributed by atoms with van der Waals surface area (Å²) in [5.74, 6) is 0. The number of amides is 2. The Morgan fingerprint density at radius 1 is 1.37 bits per heavy atom. The second-order valence-electron chi connectivity index (χ2n) is 5.01. The number of nitriles is 1. The van der Waals surface area contributed by atoms with E-state index < -0.39 is 0 Å². The zero-order chi connectivity index (χ0) is 13.7. The van der Waals surface area contributed by atoms with Crippen LogP contribution in [0.1, 0.15) is 37.7 Å².